The van der Waals surface area contributed by atoms with E-state index in [-0.39, 0.29) is 12.1 Å². The van der Waals surface area contributed by atoms with Gasteiger partial charge in [0.05, 0.1) is 23.7 Å². The minimum Gasteiger partial charge on any atom is -0.447 e. The maximum absolute atomic E-state index is 8.03. The zero-order valence-electron chi connectivity index (χ0n) is 24.9. The van der Waals surface area contributed by atoms with Gasteiger partial charge in [0.15, 0.2) is 5.06 Å². The summed E-state index contributed by atoms with van der Waals surface area (Å²) >= 11 is 3.35. The lowest BCUT2D eigenvalue weighted by molar-refractivity contribution is 0.497. The summed E-state index contributed by atoms with van der Waals surface area (Å²) in [6.07, 6.45) is 1.91. The van der Waals surface area contributed by atoms with E-state index in [0.29, 0.717) is 11.4 Å². The number of nitrogens with zero attached hydrogens (tertiary/aromatic N) is 3. The van der Waals surface area contributed by atoms with Crippen molar-refractivity contribution in [2.24, 2.45) is 0 Å². The Bertz CT molecular complexity index is 1950. The molecule has 0 atom stereocenters. The summed E-state index contributed by atoms with van der Waals surface area (Å²) in [6, 6.07) is 26.3. The molecule has 6 aromatic rings. The summed E-state index contributed by atoms with van der Waals surface area (Å²) in [5.41, 5.74) is 5.81. The number of hydrogen-bond donors (Lipinski definition) is 0. The number of rotatable bonds is 4. The van der Waals surface area contributed by atoms with Crippen LogP contribution in [0.25, 0.3) is 31.4 Å². The molecule has 0 saturated heterocycles. The molecule has 4 nitrogen and oxygen atoms in total. The lowest BCUT2D eigenvalue weighted by Crippen LogP contribution is -2.23. The fourth-order valence-corrected chi connectivity index (χ4v) is 7.12. The molecule has 39 heavy (non-hydrogen) atoms. The van der Waals surface area contributed by atoms with Crippen molar-refractivity contribution in [1.82, 2.24) is 4.98 Å². The number of aromatic nitrogens is 1. The van der Waals surface area contributed by atoms with Crippen molar-refractivity contribution < 1.29 is 8.85 Å². The Kier molecular flexibility index (Phi) is 4.91. The molecule has 4 heterocycles. The maximum Gasteiger partial charge on any atom is 0.182 e. The molecule has 194 valence electrons. The van der Waals surface area contributed by atoms with Crippen LogP contribution < -0.4 is 14.5 Å². The van der Waals surface area contributed by atoms with Crippen molar-refractivity contribution in [2.45, 2.75) is 26.2 Å². The van der Waals surface area contributed by atoms with Crippen molar-refractivity contribution in [3.63, 3.8) is 0 Å². The second-order valence-electron chi connectivity index (χ2n) is 10.8. The topological polar surface area (TPSA) is 28.6 Å². The van der Waals surface area contributed by atoms with Crippen LogP contribution in [-0.2, 0) is 5.41 Å². The fraction of sp³-hybridized carbons (Fsp3) is 0.182. The molecule has 0 bridgehead atoms. The quantitative estimate of drug-likeness (QED) is 0.218. The molecule has 0 aliphatic carbocycles. The first kappa shape index (κ1) is 21.0. The van der Waals surface area contributed by atoms with Gasteiger partial charge < -0.3 is 14.5 Å². The van der Waals surface area contributed by atoms with Crippen LogP contribution >= 0.6 is 22.7 Å². The van der Waals surface area contributed by atoms with Gasteiger partial charge in [0.25, 0.3) is 0 Å². The molecule has 0 amide bonds. The van der Waals surface area contributed by atoms with E-state index in [4.69, 9.17) is 13.8 Å². The Balaban J connectivity index is 1.26. The highest BCUT2D eigenvalue weighted by atomic mass is 32.1. The average Bonchev–Trinajstić information content (AvgIpc) is 3.67. The van der Waals surface area contributed by atoms with Crippen LogP contribution in [0.4, 0.5) is 17.1 Å². The summed E-state index contributed by atoms with van der Waals surface area (Å²) in [5, 5.41) is 5.26. The smallest absolute Gasteiger partial charge is 0.182 e. The van der Waals surface area contributed by atoms with Gasteiger partial charge in [0.2, 0.25) is 0 Å². The monoisotopic (exact) mass is 550 g/mol. The molecule has 0 saturated carbocycles. The van der Waals surface area contributed by atoms with Gasteiger partial charge in [-0.05, 0) is 70.3 Å². The van der Waals surface area contributed by atoms with Crippen LogP contribution in [0.5, 0.6) is 10.8 Å². The Labute approximate surface area is 240 Å². The molecule has 7 rings (SSSR count). The molecular formula is C33H29N3OS2. The second kappa shape index (κ2) is 9.11. The number of anilines is 3. The number of benzene rings is 3. The van der Waals surface area contributed by atoms with Crippen molar-refractivity contribution in [2.75, 3.05) is 23.4 Å². The van der Waals surface area contributed by atoms with Crippen LogP contribution in [0.2, 0.25) is 0 Å². The molecule has 0 spiro atoms. The van der Waals surface area contributed by atoms with Crippen molar-refractivity contribution in [3.8, 4) is 22.1 Å². The van der Waals surface area contributed by atoms with Gasteiger partial charge in [0.1, 0.15) is 5.75 Å². The molecule has 6 heteroatoms. The third kappa shape index (κ3) is 4.24. The number of thiophene rings is 2. The molecular weight excluding hydrogens is 519 g/mol. The maximum atomic E-state index is 8.03. The number of hydrogen-bond acceptors (Lipinski definition) is 6. The zero-order chi connectivity index (χ0) is 29.2. The Morgan fingerprint density at radius 3 is 2.67 bits per heavy atom. The highest BCUT2D eigenvalue weighted by Gasteiger charge is 2.24. The van der Waals surface area contributed by atoms with Gasteiger partial charge in [-0.1, -0.05) is 50.3 Å². The highest BCUT2D eigenvalue weighted by Crippen LogP contribution is 2.46. The van der Waals surface area contributed by atoms with Crippen molar-refractivity contribution in [3.05, 3.63) is 96.0 Å². The molecule has 0 radical (unpaired) electrons. The Hall–Kier alpha value is -3.87. The fourth-order valence-electron chi connectivity index (χ4n) is 5.19. The standard InChI is InChI=1S/C33H29N3OS2/c1-33(2,3)22-12-14-34-26(17-22)31-25-19-30(39-29(25)16-21-13-15-38-32(21)31)37-24-9-7-8-23(18-24)36-20-35(4)27-10-5-6-11-28(27)36/h5-19H,20H2,1-4H3/i4D3. The summed E-state index contributed by atoms with van der Waals surface area (Å²) < 4.78 is 32.9. The number of para-hydroxylation sites is 2. The predicted molar refractivity (Wildman–Crippen MR) is 168 cm³/mol. The van der Waals surface area contributed by atoms with Crippen LogP contribution in [0, 0.1) is 0 Å². The van der Waals surface area contributed by atoms with Gasteiger partial charge in [-0.2, -0.15) is 0 Å². The van der Waals surface area contributed by atoms with Crippen LogP contribution in [0.3, 0.4) is 0 Å². The van der Waals surface area contributed by atoms with Crippen LogP contribution in [0.1, 0.15) is 30.4 Å². The number of pyridine rings is 1. The molecule has 0 fully saturated rings. The third-order valence-electron chi connectivity index (χ3n) is 7.19. The predicted octanol–water partition coefficient (Wildman–Crippen LogP) is 9.81. The average molecular weight is 551 g/mol. The highest BCUT2D eigenvalue weighted by molar-refractivity contribution is 7.21. The van der Waals surface area contributed by atoms with Crippen molar-refractivity contribution >= 4 is 59.9 Å². The largest absolute Gasteiger partial charge is 0.447 e. The first-order valence-electron chi connectivity index (χ1n) is 14.4. The lowest BCUT2D eigenvalue weighted by Gasteiger charge is -2.20. The number of fused-ring (bicyclic) bond motifs is 3. The van der Waals surface area contributed by atoms with Gasteiger partial charge in [-0.25, -0.2) is 0 Å². The van der Waals surface area contributed by atoms with Crippen LogP contribution in [-0.4, -0.2) is 18.6 Å². The SMILES string of the molecule is [2H]C([2H])([2H])N1CN(c2cccc(Oc3cc4c(-c5cc(C(C)(C)C)ccn5)c5sccc5cc4s3)c2)c2ccccc21. The van der Waals surface area contributed by atoms with E-state index in [1.807, 2.05) is 59.6 Å². The minimum absolute atomic E-state index is 0.0183. The van der Waals surface area contributed by atoms with Crippen LogP contribution in [0.15, 0.2) is 90.4 Å². The van der Waals surface area contributed by atoms with E-state index < -0.39 is 6.98 Å². The number of ether oxygens (including phenoxy) is 1. The molecule has 0 unspecified atom stereocenters. The summed E-state index contributed by atoms with van der Waals surface area (Å²) in [4.78, 5) is 8.28. The third-order valence-corrected chi connectivity index (χ3v) is 9.10. The zero-order valence-corrected chi connectivity index (χ0v) is 23.6. The normalized spacial score (nSPS) is 14.9. The summed E-state index contributed by atoms with van der Waals surface area (Å²) in [5.74, 6) is 0.695. The lowest BCUT2D eigenvalue weighted by atomic mass is 9.86. The molecule has 1 aliphatic heterocycles. The van der Waals surface area contributed by atoms with E-state index >= 15 is 0 Å². The van der Waals surface area contributed by atoms with Gasteiger partial charge in [0, 0.05) is 55.5 Å². The van der Waals surface area contributed by atoms with E-state index in [1.54, 1.807) is 22.7 Å². The van der Waals surface area contributed by atoms with E-state index in [1.165, 1.54) is 20.5 Å². The summed E-state index contributed by atoms with van der Waals surface area (Å²) in [7, 11) is 0. The van der Waals surface area contributed by atoms with E-state index in [2.05, 4.69) is 56.5 Å². The van der Waals surface area contributed by atoms with Crippen molar-refractivity contribution in [1.29, 1.82) is 0 Å². The minimum atomic E-state index is -2.23. The Morgan fingerprint density at radius 2 is 1.82 bits per heavy atom. The van der Waals surface area contributed by atoms with E-state index in [9.17, 15) is 0 Å². The second-order valence-corrected chi connectivity index (χ2v) is 12.8. The van der Waals surface area contributed by atoms with Gasteiger partial charge in [-0.15, -0.1) is 11.3 Å². The first-order chi connectivity index (χ1) is 20.1. The van der Waals surface area contributed by atoms with Gasteiger partial charge >= 0.3 is 0 Å². The molecule has 0 N–H and O–H groups in total. The molecule has 3 aromatic carbocycles. The van der Waals surface area contributed by atoms with Gasteiger partial charge in [-0.3, -0.25) is 4.98 Å². The molecule has 1 aliphatic rings. The Morgan fingerprint density at radius 1 is 0.949 bits per heavy atom. The summed E-state index contributed by atoms with van der Waals surface area (Å²) in [6.45, 7) is 4.67. The first-order valence-corrected chi connectivity index (χ1v) is 14.6. The molecule has 3 aromatic heterocycles. The van der Waals surface area contributed by atoms with E-state index in [0.717, 1.165) is 37.8 Å².